The normalized spacial score (nSPS) is 11.0. The van der Waals surface area contributed by atoms with Crippen molar-refractivity contribution in [3.63, 3.8) is 0 Å². The predicted molar refractivity (Wildman–Crippen MR) is 136 cm³/mol. The van der Waals surface area contributed by atoms with E-state index in [4.69, 9.17) is 10.5 Å². The summed E-state index contributed by atoms with van der Waals surface area (Å²) in [4.78, 5) is 54.3. The van der Waals surface area contributed by atoms with Gasteiger partial charge in [-0.2, -0.15) is 5.10 Å². The molecule has 0 aliphatic heterocycles. The Morgan fingerprint density at radius 1 is 1.08 bits per heavy atom. The van der Waals surface area contributed by atoms with Crippen LogP contribution < -0.4 is 27.3 Å². The molecule has 0 fully saturated rings. The van der Waals surface area contributed by atoms with E-state index in [9.17, 15) is 19.2 Å². The smallest absolute Gasteiger partial charge is 0.330 e. The van der Waals surface area contributed by atoms with Gasteiger partial charge in [0.1, 0.15) is 5.82 Å². The van der Waals surface area contributed by atoms with Crippen LogP contribution in [0, 0.1) is 0 Å². The number of hydrogen-bond donors (Lipinski definition) is 2. The van der Waals surface area contributed by atoms with Gasteiger partial charge in [-0.1, -0.05) is 42.5 Å². The molecule has 0 radical (unpaired) electrons. The number of methoxy groups -OCH3 is 1. The lowest BCUT2D eigenvalue weighted by atomic mass is 10.2. The summed E-state index contributed by atoms with van der Waals surface area (Å²) in [6.07, 6.45) is 1.16. The average molecular weight is 491 g/mol. The molecule has 4 rings (SSSR count). The highest BCUT2D eigenvalue weighted by Crippen LogP contribution is 2.19. The van der Waals surface area contributed by atoms with Gasteiger partial charge in [0.2, 0.25) is 11.3 Å². The highest BCUT2D eigenvalue weighted by atomic mass is 16.5. The molecule has 36 heavy (non-hydrogen) atoms. The van der Waals surface area contributed by atoms with Gasteiger partial charge in [-0.3, -0.25) is 28.6 Å². The molecule has 0 unspecified atom stereocenters. The fourth-order valence-corrected chi connectivity index (χ4v) is 3.98. The van der Waals surface area contributed by atoms with E-state index < -0.39 is 17.2 Å². The van der Waals surface area contributed by atoms with Crippen LogP contribution in [0.4, 0.5) is 11.5 Å². The first-order valence-electron chi connectivity index (χ1n) is 11.3. The molecule has 0 atom stereocenters. The highest BCUT2D eigenvalue weighted by molar-refractivity contribution is 5.95. The van der Waals surface area contributed by atoms with Crippen molar-refractivity contribution in [1.82, 2.24) is 19.3 Å². The SMILES string of the molecule is COCCN(C(=O)CCn1ncc(=O)c2ccccc21)c1c(N)n(Cc2ccccc2)c(=O)[nH]c1=O. The Labute approximate surface area is 205 Å². The molecule has 11 nitrogen and oxygen atoms in total. The van der Waals surface area contributed by atoms with Gasteiger partial charge in [0.05, 0.1) is 31.4 Å². The van der Waals surface area contributed by atoms with Crippen LogP contribution in [0.15, 0.2) is 75.2 Å². The molecule has 0 saturated heterocycles. The third kappa shape index (κ3) is 5.10. The molecule has 2 heterocycles. The lowest BCUT2D eigenvalue weighted by Crippen LogP contribution is -2.43. The Morgan fingerprint density at radius 3 is 2.56 bits per heavy atom. The number of carbonyl (C=O) groups excluding carboxylic acids is 1. The molecular formula is C25H26N6O5. The number of aromatic amines is 1. The number of ether oxygens (including phenoxy) is 1. The van der Waals surface area contributed by atoms with Crippen LogP contribution >= 0.6 is 0 Å². The number of rotatable bonds is 9. The largest absolute Gasteiger partial charge is 0.383 e. The number of aryl methyl sites for hydroxylation is 1. The second-order valence-electron chi connectivity index (χ2n) is 8.10. The molecule has 0 saturated carbocycles. The van der Waals surface area contributed by atoms with Crippen molar-refractivity contribution in [3.05, 3.63) is 97.4 Å². The van der Waals surface area contributed by atoms with Gasteiger partial charge >= 0.3 is 5.69 Å². The second kappa shape index (κ2) is 10.8. The first-order chi connectivity index (χ1) is 17.4. The molecule has 186 valence electrons. The standard InChI is InChI=1S/C25H26N6O5/c1-36-14-13-29(21(33)11-12-31-19-10-6-5-9-18(19)20(32)15-27-31)22-23(26)30(25(35)28-24(22)34)16-17-7-3-2-4-8-17/h2-10,15H,11-14,16,26H2,1H3,(H,28,34,35). The van der Waals surface area contributed by atoms with Crippen molar-refractivity contribution < 1.29 is 9.53 Å². The van der Waals surface area contributed by atoms with Crippen LogP contribution in [0.5, 0.6) is 0 Å². The highest BCUT2D eigenvalue weighted by Gasteiger charge is 2.24. The number of fused-ring (bicyclic) bond motifs is 1. The number of amides is 1. The van der Waals surface area contributed by atoms with Crippen molar-refractivity contribution in [2.75, 3.05) is 30.9 Å². The fraction of sp³-hybridized carbons (Fsp3) is 0.240. The summed E-state index contributed by atoms with van der Waals surface area (Å²) in [6.45, 7) is 0.464. The second-order valence-corrected chi connectivity index (χ2v) is 8.10. The van der Waals surface area contributed by atoms with Crippen LogP contribution in [0.25, 0.3) is 10.9 Å². The summed E-state index contributed by atoms with van der Waals surface area (Å²) in [5.41, 5.74) is 5.92. The summed E-state index contributed by atoms with van der Waals surface area (Å²) < 4.78 is 7.92. The zero-order valence-electron chi connectivity index (χ0n) is 19.7. The van der Waals surface area contributed by atoms with Crippen LogP contribution in [-0.2, 0) is 22.6 Å². The minimum atomic E-state index is -0.766. The monoisotopic (exact) mass is 490 g/mol. The molecule has 1 amide bonds. The number of hydrogen-bond acceptors (Lipinski definition) is 7. The van der Waals surface area contributed by atoms with Gasteiger partial charge in [-0.25, -0.2) is 4.79 Å². The number of carbonyl (C=O) groups is 1. The molecule has 0 aliphatic rings. The topological polar surface area (TPSA) is 145 Å². The number of H-pyrrole nitrogens is 1. The maximum Gasteiger partial charge on any atom is 0.330 e. The van der Waals surface area contributed by atoms with E-state index >= 15 is 0 Å². The first kappa shape index (κ1) is 24.6. The van der Waals surface area contributed by atoms with E-state index in [1.165, 1.54) is 22.8 Å². The van der Waals surface area contributed by atoms with E-state index in [1.807, 2.05) is 30.3 Å². The van der Waals surface area contributed by atoms with Crippen molar-refractivity contribution >= 4 is 28.3 Å². The Balaban J connectivity index is 1.67. The molecule has 2 aromatic carbocycles. The number of nitrogens with one attached hydrogen (secondary N) is 1. The first-order valence-corrected chi connectivity index (χ1v) is 11.3. The zero-order chi connectivity index (χ0) is 25.7. The van der Waals surface area contributed by atoms with Crippen molar-refractivity contribution in [1.29, 1.82) is 0 Å². The van der Waals surface area contributed by atoms with E-state index in [1.54, 1.807) is 28.9 Å². The summed E-state index contributed by atoms with van der Waals surface area (Å²) >= 11 is 0. The third-order valence-corrected chi connectivity index (χ3v) is 5.79. The lowest BCUT2D eigenvalue weighted by Gasteiger charge is -2.24. The summed E-state index contributed by atoms with van der Waals surface area (Å²) in [7, 11) is 1.48. The van der Waals surface area contributed by atoms with Gasteiger partial charge in [0, 0.05) is 25.5 Å². The van der Waals surface area contributed by atoms with E-state index in [0.29, 0.717) is 10.9 Å². The average Bonchev–Trinajstić information content (AvgIpc) is 2.88. The predicted octanol–water partition coefficient (Wildman–Crippen LogP) is 0.947. The summed E-state index contributed by atoms with van der Waals surface area (Å²) in [5.74, 6) is -0.539. The Hall–Kier alpha value is -4.51. The van der Waals surface area contributed by atoms with E-state index in [0.717, 1.165) is 5.56 Å². The van der Waals surface area contributed by atoms with Crippen LogP contribution in [0.1, 0.15) is 12.0 Å². The van der Waals surface area contributed by atoms with E-state index in [2.05, 4.69) is 10.1 Å². The quantitative estimate of drug-likeness (QED) is 0.355. The Kier molecular flexibility index (Phi) is 7.40. The van der Waals surface area contributed by atoms with Crippen molar-refractivity contribution in [2.45, 2.75) is 19.5 Å². The Bertz CT molecular complexity index is 1560. The van der Waals surface area contributed by atoms with Gasteiger partial charge in [-0.15, -0.1) is 0 Å². The molecule has 0 bridgehead atoms. The fourth-order valence-electron chi connectivity index (χ4n) is 3.98. The number of nitrogens with zero attached hydrogens (tertiary/aromatic N) is 4. The third-order valence-electron chi connectivity index (χ3n) is 5.79. The minimum absolute atomic E-state index is 0.0414. The number of benzene rings is 2. The van der Waals surface area contributed by atoms with Gasteiger partial charge in [0.15, 0.2) is 5.69 Å². The molecular weight excluding hydrogens is 464 g/mol. The number of nitrogen functional groups attached to an aromatic ring is 1. The minimum Gasteiger partial charge on any atom is -0.383 e. The van der Waals surface area contributed by atoms with Gasteiger partial charge in [-0.05, 0) is 17.7 Å². The maximum absolute atomic E-state index is 13.4. The molecule has 0 spiro atoms. The van der Waals surface area contributed by atoms with E-state index in [-0.39, 0.29) is 49.6 Å². The summed E-state index contributed by atoms with van der Waals surface area (Å²) in [5, 5.41) is 4.64. The molecule has 0 aliphatic carbocycles. The maximum atomic E-state index is 13.4. The van der Waals surface area contributed by atoms with Gasteiger partial charge in [0.25, 0.3) is 5.56 Å². The molecule has 11 heteroatoms. The van der Waals surface area contributed by atoms with Crippen LogP contribution in [0.2, 0.25) is 0 Å². The lowest BCUT2D eigenvalue weighted by molar-refractivity contribution is -0.119. The summed E-state index contributed by atoms with van der Waals surface area (Å²) in [6, 6.07) is 16.1. The molecule has 2 aromatic heterocycles. The molecule has 4 aromatic rings. The Morgan fingerprint density at radius 2 is 1.81 bits per heavy atom. The van der Waals surface area contributed by atoms with Crippen molar-refractivity contribution in [2.24, 2.45) is 0 Å². The van der Waals surface area contributed by atoms with Crippen LogP contribution in [0.3, 0.4) is 0 Å². The van der Waals surface area contributed by atoms with Gasteiger partial charge < -0.3 is 15.4 Å². The number of nitrogens with two attached hydrogens (primary N) is 1. The van der Waals surface area contributed by atoms with Crippen molar-refractivity contribution in [3.8, 4) is 0 Å². The number of aromatic nitrogens is 4. The number of anilines is 2. The van der Waals surface area contributed by atoms with Crippen LogP contribution in [-0.4, -0.2) is 45.5 Å². The molecule has 3 N–H and O–H groups in total. The zero-order valence-corrected chi connectivity index (χ0v) is 19.7. The number of para-hydroxylation sites is 1.